The molecule has 0 aliphatic rings. The molecule has 3 aromatic heterocycles. The van der Waals surface area contributed by atoms with E-state index >= 15 is 0 Å². The molecule has 0 aliphatic carbocycles. The number of fused-ring (bicyclic) bond motifs is 1. The van der Waals surface area contributed by atoms with Gasteiger partial charge >= 0.3 is 0 Å². The van der Waals surface area contributed by atoms with Crippen LogP contribution >= 0.6 is 0 Å². The van der Waals surface area contributed by atoms with E-state index < -0.39 is 0 Å². The van der Waals surface area contributed by atoms with Crippen molar-refractivity contribution in [1.29, 1.82) is 0 Å². The molecular formula is C15H19N5O2. The summed E-state index contributed by atoms with van der Waals surface area (Å²) in [4.78, 5) is 8.54. The van der Waals surface area contributed by atoms with Gasteiger partial charge in [0.05, 0.1) is 31.0 Å². The van der Waals surface area contributed by atoms with E-state index in [1.165, 1.54) is 6.33 Å². The molecule has 7 heteroatoms. The van der Waals surface area contributed by atoms with Crippen LogP contribution in [0.4, 0.5) is 5.82 Å². The van der Waals surface area contributed by atoms with E-state index in [4.69, 9.17) is 9.52 Å². The van der Waals surface area contributed by atoms with Crippen LogP contribution in [-0.4, -0.2) is 37.5 Å². The largest absolute Gasteiger partial charge is 0.469 e. The van der Waals surface area contributed by atoms with Crippen LogP contribution in [0.3, 0.4) is 0 Å². The Hall–Kier alpha value is -2.41. The first-order chi connectivity index (χ1) is 10.8. The SMILES string of the molecule is C[C@H](CCc1ccco1)Nc1ncnc2c1cnn2CCO. The number of aliphatic hydroxyl groups excluding tert-OH is 1. The lowest BCUT2D eigenvalue weighted by molar-refractivity contribution is 0.271. The van der Waals surface area contributed by atoms with E-state index in [2.05, 4.69) is 27.3 Å². The fourth-order valence-electron chi connectivity index (χ4n) is 2.39. The molecule has 1 atom stereocenters. The molecule has 3 rings (SSSR count). The van der Waals surface area contributed by atoms with Crippen molar-refractivity contribution in [2.75, 3.05) is 11.9 Å². The van der Waals surface area contributed by atoms with Crippen molar-refractivity contribution in [3.63, 3.8) is 0 Å². The average Bonchev–Trinajstić information content (AvgIpc) is 3.16. The Balaban J connectivity index is 1.70. The van der Waals surface area contributed by atoms with Gasteiger partial charge in [0.15, 0.2) is 5.65 Å². The van der Waals surface area contributed by atoms with Crippen LogP contribution in [0.25, 0.3) is 11.0 Å². The van der Waals surface area contributed by atoms with Gasteiger partial charge in [-0.3, -0.25) is 0 Å². The molecule has 0 unspecified atom stereocenters. The standard InChI is InChI=1S/C15H19N5O2/c1-11(4-5-12-3-2-8-22-12)19-14-13-9-18-20(6-7-21)15(13)17-10-16-14/h2-3,8-11,21H,4-7H2,1H3,(H,16,17,19)/t11-/m1/s1. The molecule has 2 N–H and O–H groups in total. The van der Waals surface area contributed by atoms with Gasteiger partial charge in [0, 0.05) is 12.5 Å². The van der Waals surface area contributed by atoms with E-state index in [1.807, 2.05) is 12.1 Å². The predicted molar refractivity (Wildman–Crippen MR) is 82.5 cm³/mol. The summed E-state index contributed by atoms with van der Waals surface area (Å²) in [7, 11) is 0. The Labute approximate surface area is 128 Å². The number of aliphatic hydroxyl groups is 1. The second kappa shape index (κ2) is 6.57. The van der Waals surface area contributed by atoms with Gasteiger partial charge in [0.1, 0.15) is 17.9 Å². The third kappa shape index (κ3) is 3.09. The van der Waals surface area contributed by atoms with Crippen LogP contribution in [0.2, 0.25) is 0 Å². The Morgan fingerprint density at radius 1 is 1.41 bits per heavy atom. The maximum atomic E-state index is 9.04. The fraction of sp³-hybridized carbons (Fsp3) is 0.400. The Kier molecular flexibility index (Phi) is 4.34. The third-order valence-corrected chi connectivity index (χ3v) is 3.53. The minimum Gasteiger partial charge on any atom is -0.469 e. The summed E-state index contributed by atoms with van der Waals surface area (Å²) >= 11 is 0. The van der Waals surface area contributed by atoms with Crippen LogP contribution in [0.1, 0.15) is 19.1 Å². The summed E-state index contributed by atoms with van der Waals surface area (Å²) in [5, 5.41) is 17.5. The molecule has 7 nitrogen and oxygen atoms in total. The molecular weight excluding hydrogens is 282 g/mol. The van der Waals surface area contributed by atoms with Crippen molar-refractivity contribution >= 4 is 16.9 Å². The number of aryl methyl sites for hydroxylation is 1. The summed E-state index contributed by atoms with van der Waals surface area (Å²) in [6, 6.07) is 4.12. The Bertz CT molecular complexity index is 723. The van der Waals surface area contributed by atoms with Gasteiger partial charge in [-0.05, 0) is 25.5 Å². The number of hydrogen-bond acceptors (Lipinski definition) is 6. The zero-order valence-electron chi connectivity index (χ0n) is 12.4. The molecule has 0 aliphatic heterocycles. The van der Waals surface area contributed by atoms with Crippen LogP contribution < -0.4 is 5.32 Å². The molecule has 0 spiro atoms. The van der Waals surface area contributed by atoms with Crippen molar-refractivity contribution in [3.05, 3.63) is 36.7 Å². The van der Waals surface area contributed by atoms with Gasteiger partial charge in [-0.15, -0.1) is 0 Å². The van der Waals surface area contributed by atoms with Crippen molar-refractivity contribution < 1.29 is 9.52 Å². The lowest BCUT2D eigenvalue weighted by atomic mass is 10.1. The molecule has 3 aromatic rings. The van der Waals surface area contributed by atoms with Crippen molar-refractivity contribution in [2.45, 2.75) is 32.4 Å². The normalized spacial score (nSPS) is 12.6. The highest BCUT2D eigenvalue weighted by Crippen LogP contribution is 2.20. The quantitative estimate of drug-likeness (QED) is 0.692. The van der Waals surface area contributed by atoms with E-state index in [0.717, 1.165) is 35.5 Å². The van der Waals surface area contributed by atoms with E-state index in [9.17, 15) is 0 Å². The molecule has 22 heavy (non-hydrogen) atoms. The molecule has 0 saturated carbocycles. The highest BCUT2D eigenvalue weighted by Gasteiger charge is 2.12. The minimum atomic E-state index is 0.0308. The van der Waals surface area contributed by atoms with Crippen LogP contribution in [0.5, 0.6) is 0 Å². The molecule has 0 saturated heterocycles. The number of nitrogens with zero attached hydrogens (tertiary/aromatic N) is 4. The summed E-state index contributed by atoms with van der Waals surface area (Å²) in [5.41, 5.74) is 0.727. The average molecular weight is 301 g/mol. The summed E-state index contributed by atoms with van der Waals surface area (Å²) in [5.74, 6) is 1.75. The molecule has 0 aromatic carbocycles. The second-order valence-electron chi connectivity index (χ2n) is 5.21. The number of rotatable bonds is 7. The number of hydrogen-bond donors (Lipinski definition) is 2. The third-order valence-electron chi connectivity index (χ3n) is 3.53. The molecule has 0 radical (unpaired) electrons. The van der Waals surface area contributed by atoms with Crippen molar-refractivity contribution in [2.24, 2.45) is 0 Å². The van der Waals surface area contributed by atoms with E-state index in [-0.39, 0.29) is 12.6 Å². The van der Waals surface area contributed by atoms with Gasteiger partial charge in [0.2, 0.25) is 0 Å². The molecule has 0 amide bonds. The first-order valence-corrected chi connectivity index (χ1v) is 7.34. The summed E-state index contributed by atoms with van der Waals surface area (Å²) in [6.45, 7) is 2.56. The van der Waals surface area contributed by atoms with E-state index in [1.54, 1.807) is 17.1 Å². The molecule has 0 bridgehead atoms. The minimum absolute atomic E-state index is 0.0308. The first kappa shape index (κ1) is 14.5. The Morgan fingerprint density at radius 2 is 2.32 bits per heavy atom. The zero-order chi connectivity index (χ0) is 15.4. The molecule has 3 heterocycles. The van der Waals surface area contributed by atoms with Crippen LogP contribution in [0.15, 0.2) is 35.3 Å². The topological polar surface area (TPSA) is 89.0 Å². The highest BCUT2D eigenvalue weighted by atomic mass is 16.3. The van der Waals surface area contributed by atoms with Crippen molar-refractivity contribution in [1.82, 2.24) is 19.7 Å². The summed E-state index contributed by atoms with van der Waals surface area (Å²) in [6.07, 6.45) is 6.74. The maximum Gasteiger partial charge on any atom is 0.163 e. The number of aromatic nitrogens is 4. The monoisotopic (exact) mass is 301 g/mol. The number of anilines is 1. The molecule has 0 fully saturated rings. The zero-order valence-corrected chi connectivity index (χ0v) is 12.4. The van der Waals surface area contributed by atoms with Gasteiger partial charge in [0.25, 0.3) is 0 Å². The smallest absolute Gasteiger partial charge is 0.163 e. The second-order valence-corrected chi connectivity index (χ2v) is 5.21. The number of nitrogens with one attached hydrogen (secondary N) is 1. The van der Waals surface area contributed by atoms with E-state index in [0.29, 0.717) is 6.54 Å². The van der Waals surface area contributed by atoms with Crippen LogP contribution in [0, 0.1) is 0 Å². The first-order valence-electron chi connectivity index (χ1n) is 7.34. The van der Waals surface area contributed by atoms with Gasteiger partial charge in [-0.1, -0.05) is 0 Å². The van der Waals surface area contributed by atoms with Gasteiger partial charge in [-0.2, -0.15) is 5.10 Å². The predicted octanol–water partition coefficient (Wildman–Crippen LogP) is 1.84. The van der Waals surface area contributed by atoms with Gasteiger partial charge < -0.3 is 14.8 Å². The Morgan fingerprint density at radius 3 is 3.09 bits per heavy atom. The van der Waals surface area contributed by atoms with Gasteiger partial charge in [-0.25, -0.2) is 14.6 Å². The number of furan rings is 1. The summed E-state index contributed by atoms with van der Waals surface area (Å²) < 4.78 is 7.02. The van der Waals surface area contributed by atoms with Crippen molar-refractivity contribution in [3.8, 4) is 0 Å². The highest BCUT2D eigenvalue weighted by molar-refractivity contribution is 5.86. The van der Waals surface area contributed by atoms with Crippen LogP contribution in [-0.2, 0) is 13.0 Å². The molecule has 116 valence electrons. The maximum absolute atomic E-state index is 9.04. The fourth-order valence-corrected chi connectivity index (χ4v) is 2.39. The lowest BCUT2D eigenvalue weighted by Crippen LogP contribution is -2.17. The lowest BCUT2D eigenvalue weighted by Gasteiger charge is -2.14.